The standard InChI is InChI=1S/C24H23ClN4O2S2/c1-16-9-11-17(12-10-16)23(20-8-5-13-32-20)26-22(30)15-33-24-28-27-21(29(24)2)14-31-19-7-4-3-6-18(19)25/h3-13,23H,14-15H2,1-2H3,(H,26,30). The minimum absolute atomic E-state index is 0.0733. The molecule has 0 aliphatic carbocycles. The van der Waals surface area contributed by atoms with Gasteiger partial charge in [0, 0.05) is 11.9 Å². The van der Waals surface area contributed by atoms with Gasteiger partial charge in [0.15, 0.2) is 11.0 Å². The Morgan fingerprint density at radius 1 is 1.15 bits per heavy atom. The monoisotopic (exact) mass is 498 g/mol. The number of para-hydroxylation sites is 1. The van der Waals surface area contributed by atoms with Gasteiger partial charge in [0.05, 0.1) is 16.8 Å². The van der Waals surface area contributed by atoms with Crippen LogP contribution in [0.3, 0.4) is 0 Å². The summed E-state index contributed by atoms with van der Waals surface area (Å²) in [6, 6.07) is 19.4. The molecule has 9 heteroatoms. The Kier molecular flexibility index (Phi) is 7.69. The first-order valence-electron chi connectivity index (χ1n) is 10.3. The molecule has 1 amide bonds. The molecule has 170 valence electrons. The predicted molar refractivity (Wildman–Crippen MR) is 133 cm³/mol. The lowest BCUT2D eigenvalue weighted by molar-refractivity contribution is -0.119. The van der Waals surface area contributed by atoms with Gasteiger partial charge in [-0.05, 0) is 36.1 Å². The molecule has 2 aromatic carbocycles. The number of ether oxygens (including phenoxy) is 1. The van der Waals surface area contributed by atoms with Crippen molar-refractivity contribution in [3.05, 3.63) is 92.9 Å². The molecule has 1 atom stereocenters. The van der Waals surface area contributed by atoms with Gasteiger partial charge >= 0.3 is 0 Å². The molecule has 0 aliphatic rings. The molecule has 1 unspecified atom stereocenters. The van der Waals surface area contributed by atoms with Crippen molar-refractivity contribution in [1.29, 1.82) is 0 Å². The number of nitrogens with one attached hydrogen (secondary N) is 1. The van der Waals surface area contributed by atoms with E-state index in [0.29, 0.717) is 21.8 Å². The largest absolute Gasteiger partial charge is 0.484 e. The summed E-state index contributed by atoms with van der Waals surface area (Å²) in [4.78, 5) is 13.9. The fourth-order valence-electron chi connectivity index (χ4n) is 3.17. The number of nitrogens with zero attached hydrogens (tertiary/aromatic N) is 3. The van der Waals surface area contributed by atoms with E-state index in [2.05, 4.69) is 39.8 Å². The Morgan fingerprint density at radius 3 is 2.67 bits per heavy atom. The summed E-state index contributed by atoms with van der Waals surface area (Å²) in [7, 11) is 1.85. The van der Waals surface area contributed by atoms with Crippen LogP contribution in [-0.2, 0) is 18.4 Å². The molecule has 0 aliphatic heterocycles. The van der Waals surface area contributed by atoms with Crippen LogP contribution in [-0.4, -0.2) is 26.4 Å². The van der Waals surface area contributed by atoms with Crippen molar-refractivity contribution in [2.24, 2.45) is 7.05 Å². The maximum absolute atomic E-state index is 12.8. The third-order valence-electron chi connectivity index (χ3n) is 4.99. The Bertz CT molecular complexity index is 1210. The highest BCUT2D eigenvalue weighted by molar-refractivity contribution is 7.99. The van der Waals surface area contributed by atoms with Gasteiger partial charge in [-0.15, -0.1) is 21.5 Å². The summed E-state index contributed by atoms with van der Waals surface area (Å²) < 4.78 is 7.58. The molecule has 0 saturated heterocycles. The zero-order valence-electron chi connectivity index (χ0n) is 18.2. The highest BCUT2D eigenvalue weighted by Crippen LogP contribution is 2.27. The quantitative estimate of drug-likeness (QED) is 0.312. The van der Waals surface area contributed by atoms with Crippen LogP contribution in [0.1, 0.15) is 27.9 Å². The maximum atomic E-state index is 12.8. The molecule has 0 bridgehead atoms. The average molecular weight is 499 g/mol. The first-order valence-corrected chi connectivity index (χ1v) is 12.5. The molecular weight excluding hydrogens is 476 g/mol. The molecule has 2 heterocycles. The van der Waals surface area contributed by atoms with Crippen molar-refractivity contribution in [1.82, 2.24) is 20.1 Å². The average Bonchev–Trinajstić information content (AvgIpc) is 3.47. The molecule has 4 aromatic rings. The molecule has 1 N–H and O–H groups in total. The predicted octanol–water partition coefficient (Wildman–Crippen LogP) is 5.42. The SMILES string of the molecule is Cc1ccc(C(NC(=O)CSc2nnc(COc3ccccc3Cl)n2C)c2cccs2)cc1. The van der Waals surface area contributed by atoms with Crippen molar-refractivity contribution < 1.29 is 9.53 Å². The minimum Gasteiger partial charge on any atom is -0.484 e. The van der Waals surface area contributed by atoms with Crippen LogP contribution >= 0.6 is 34.7 Å². The van der Waals surface area contributed by atoms with Crippen molar-refractivity contribution in [3.63, 3.8) is 0 Å². The van der Waals surface area contributed by atoms with E-state index in [1.165, 1.54) is 17.3 Å². The van der Waals surface area contributed by atoms with E-state index in [4.69, 9.17) is 16.3 Å². The fraction of sp³-hybridized carbons (Fsp3) is 0.208. The van der Waals surface area contributed by atoms with Gasteiger partial charge in [-0.1, -0.05) is 71.4 Å². The van der Waals surface area contributed by atoms with Gasteiger partial charge in [-0.2, -0.15) is 0 Å². The van der Waals surface area contributed by atoms with E-state index in [1.54, 1.807) is 23.5 Å². The number of carbonyl (C=O) groups is 1. The zero-order valence-corrected chi connectivity index (χ0v) is 20.6. The van der Waals surface area contributed by atoms with E-state index in [9.17, 15) is 4.79 Å². The summed E-state index contributed by atoms with van der Waals surface area (Å²) in [6.45, 7) is 2.28. The maximum Gasteiger partial charge on any atom is 0.231 e. The number of aryl methyl sites for hydroxylation is 1. The second kappa shape index (κ2) is 10.9. The van der Waals surface area contributed by atoms with E-state index >= 15 is 0 Å². The van der Waals surface area contributed by atoms with Gasteiger partial charge in [0.1, 0.15) is 12.4 Å². The summed E-state index contributed by atoms with van der Waals surface area (Å²) in [5, 5.41) is 14.8. The van der Waals surface area contributed by atoms with Crippen LogP contribution in [0, 0.1) is 6.92 Å². The van der Waals surface area contributed by atoms with Crippen LogP contribution in [0.2, 0.25) is 5.02 Å². The van der Waals surface area contributed by atoms with E-state index < -0.39 is 0 Å². The molecule has 0 radical (unpaired) electrons. The number of hydrogen-bond acceptors (Lipinski definition) is 6. The molecule has 0 spiro atoms. The third kappa shape index (κ3) is 5.96. The first kappa shape index (κ1) is 23.4. The van der Waals surface area contributed by atoms with E-state index in [1.807, 2.05) is 48.2 Å². The number of rotatable bonds is 9. The minimum atomic E-state index is -0.183. The van der Waals surface area contributed by atoms with Gasteiger partial charge in [0.25, 0.3) is 0 Å². The summed E-state index contributed by atoms with van der Waals surface area (Å²) in [5.41, 5.74) is 2.24. The van der Waals surface area contributed by atoms with E-state index in [0.717, 1.165) is 10.4 Å². The molecule has 6 nitrogen and oxygen atoms in total. The van der Waals surface area contributed by atoms with Crippen molar-refractivity contribution in [2.45, 2.75) is 24.7 Å². The molecule has 4 rings (SSSR count). The highest BCUT2D eigenvalue weighted by atomic mass is 35.5. The number of hydrogen-bond donors (Lipinski definition) is 1. The lowest BCUT2D eigenvalue weighted by Gasteiger charge is -2.18. The number of carbonyl (C=O) groups excluding carboxylic acids is 1. The van der Waals surface area contributed by atoms with Crippen LogP contribution < -0.4 is 10.1 Å². The van der Waals surface area contributed by atoms with Gasteiger partial charge in [0.2, 0.25) is 5.91 Å². The van der Waals surface area contributed by atoms with Crippen molar-refractivity contribution >= 4 is 40.6 Å². The normalized spacial score (nSPS) is 11.8. The number of halogens is 1. The molecule has 0 fully saturated rings. The topological polar surface area (TPSA) is 69.0 Å². The lowest BCUT2D eigenvalue weighted by atomic mass is 10.0. The summed E-state index contributed by atoms with van der Waals surface area (Å²) in [5.74, 6) is 1.39. The third-order valence-corrected chi connectivity index (χ3v) is 7.26. The second-order valence-electron chi connectivity index (χ2n) is 7.39. The second-order valence-corrected chi connectivity index (χ2v) is 9.72. The highest BCUT2D eigenvalue weighted by Gasteiger charge is 2.19. The van der Waals surface area contributed by atoms with Gasteiger partial charge in [-0.3, -0.25) is 4.79 Å². The van der Waals surface area contributed by atoms with Crippen molar-refractivity contribution in [3.8, 4) is 5.75 Å². The van der Waals surface area contributed by atoms with Crippen LogP contribution in [0.25, 0.3) is 0 Å². The van der Waals surface area contributed by atoms with Crippen LogP contribution in [0.5, 0.6) is 5.75 Å². The lowest BCUT2D eigenvalue weighted by Crippen LogP contribution is -2.30. The van der Waals surface area contributed by atoms with Crippen molar-refractivity contribution in [2.75, 3.05) is 5.75 Å². The van der Waals surface area contributed by atoms with E-state index in [-0.39, 0.29) is 24.3 Å². The molecule has 33 heavy (non-hydrogen) atoms. The summed E-state index contributed by atoms with van der Waals surface area (Å²) >= 11 is 9.10. The Labute approximate surface area is 206 Å². The Hall–Kier alpha value is -2.81. The number of thioether (sulfide) groups is 1. The van der Waals surface area contributed by atoms with Crippen LogP contribution in [0.4, 0.5) is 0 Å². The first-order chi connectivity index (χ1) is 16.0. The molecular formula is C24H23ClN4O2S2. The summed E-state index contributed by atoms with van der Waals surface area (Å²) in [6.07, 6.45) is 0. The Balaban J connectivity index is 1.37. The van der Waals surface area contributed by atoms with Crippen LogP contribution in [0.15, 0.2) is 71.2 Å². The molecule has 0 saturated carbocycles. The van der Waals surface area contributed by atoms with Gasteiger partial charge in [-0.25, -0.2) is 0 Å². The number of amides is 1. The fourth-order valence-corrected chi connectivity index (χ4v) is 4.90. The zero-order chi connectivity index (χ0) is 23.2. The Morgan fingerprint density at radius 2 is 1.94 bits per heavy atom. The smallest absolute Gasteiger partial charge is 0.231 e. The number of thiophene rings is 1. The van der Waals surface area contributed by atoms with Gasteiger partial charge < -0.3 is 14.6 Å². The molecule has 2 aromatic heterocycles. The number of benzene rings is 2. The number of aromatic nitrogens is 3.